The van der Waals surface area contributed by atoms with Crippen molar-refractivity contribution in [2.75, 3.05) is 44.7 Å². The first-order valence-electron chi connectivity index (χ1n) is 7.45. The van der Waals surface area contributed by atoms with E-state index in [1.807, 2.05) is 0 Å². The number of anilines is 1. The average Bonchev–Trinajstić information content (AvgIpc) is 2.53. The van der Waals surface area contributed by atoms with E-state index in [4.69, 9.17) is 22.1 Å². The van der Waals surface area contributed by atoms with Crippen molar-refractivity contribution >= 4 is 17.4 Å². The fourth-order valence-corrected chi connectivity index (χ4v) is 2.95. The van der Waals surface area contributed by atoms with Gasteiger partial charge in [0, 0.05) is 38.8 Å². The molecule has 1 atom stereocenters. The summed E-state index contributed by atoms with van der Waals surface area (Å²) in [5, 5.41) is 0.563. The van der Waals surface area contributed by atoms with Crippen molar-refractivity contribution in [3.8, 4) is 6.01 Å². The standard InChI is InChI=1S/C14H24ClN5O/c1-3-4-11(9-16)19-5-7-20(8-6-19)13-12(15)10-17-14(18-13)21-2/h10-11H,3-9,16H2,1-2H3. The Morgan fingerprint density at radius 2 is 2.10 bits per heavy atom. The number of hydrogen-bond acceptors (Lipinski definition) is 6. The highest BCUT2D eigenvalue weighted by Gasteiger charge is 2.24. The summed E-state index contributed by atoms with van der Waals surface area (Å²) < 4.78 is 5.07. The molecule has 21 heavy (non-hydrogen) atoms. The summed E-state index contributed by atoms with van der Waals surface area (Å²) in [5.74, 6) is 0.753. The van der Waals surface area contributed by atoms with Crippen molar-refractivity contribution in [3.63, 3.8) is 0 Å². The van der Waals surface area contributed by atoms with Crippen LogP contribution in [0, 0.1) is 0 Å². The van der Waals surface area contributed by atoms with Gasteiger partial charge in [-0.15, -0.1) is 0 Å². The maximum atomic E-state index is 6.21. The first-order chi connectivity index (χ1) is 10.2. The van der Waals surface area contributed by atoms with Gasteiger partial charge in [-0.3, -0.25) is 4.90 Å². The summed E-state index contributed by atoms with van der Waals surface area (Å²) >= 11 is 6.21. The highest BCUT2D eigenvalue weighted by molar-refractivity contribution is 6.32. The molecule has 0 radical (unpaired) electrons. The van der Waals surface area contributed by atoms with Gasteiger partial charge in [0.05, 0.1) is 13.3 Å². The summed E-state index contributed by atoms with van der Waals surface area (Å²) in [6, 6.07) is 0.829. The molecule has 1 unspecified atom stereocenters. The van der Waals surface area contributed by atoms with Crippen LogP contribution in [0.2, 0.25) is 5.02 Å². The van der Waals surface area contributed by atoms with E-state index in [1.165, 1.54) is 0 Å². The Bertz CT molecular complexity index is 451. The third-order valence-electron chi connectivity index (χ3n) is 3.91. The number of nitrogens with two attached hydrogens (primary N) is 1. The Balaban J connectivity index is 2.00. The fraction of sp³-hybridized carbons (Fsp3) is 0.714. The van der Waals surface area contributed by atoms with Gasteiger partial charge in [0.15, 0.2) is 5.82 Å². The predicted octanol–water partition coefficient (Wildman–Crippen LogP) is 1.39. The van der Waals surface area contributed by atoms with Crippen LogP contribution in [0.1, 0.15) is 19.8 Å². The zero-order valence-corrected chi connectivity index (χ0v) is 13.5. The molecule has 1 fully saturated rings. The quantitative estimate of drug-likeness (QED) is 0.856. The minimum absolute atomic E-state index is 0.350. The van der Waals surface area contributed by atoms with E-state index in [0.29, 0.717) is 17.1 Å². The second kappa shape index (κ2) is 7.77. The van der Waals surface area contributed by atoms with Crippen molar-refractivity contribution in [3.05, 3.63) is 11.2 Å². The van der Waals surface area contributed by atoms with Crippen molar-refractivity contribution in [1.82, 2.24) is 14.9 Å². The molecule has 1 aliphatic heterocycles. The minimum atomic E-state index is 0.350. The normalized spacial score (nSPS) is 17.8. The van der Waals surface area contributed by atoms with Crippen molar-refractivity contribution < 1.29 is 4.74 Å². The van der Waals surface area contributed by atoms with Gasteiger partial charge in [-0.1, -0.05) is 24.9 Å². The van der Waals surface area contributed by atoms with Crippen LogP contribution >= 0.6 is 11.6 Å². The molecule has 0 saturated carbocycles. The summed E-state index contributed by atoms with van der Waals surface area (Å²) in [7, 11) is 1.56. The van der Waals surface area contributed by atoms with Gasteiger partial charge in [-0.05, 0) is 6.42 Å². The van der Waals surface area contributed by atoms with E-state index in [2.05, 4.69) is 26.7 Å². The second-order valence-electron chi connectivity index (χ2n) is 5.23. The Kier molecular flexibility index (Phi) is 6.02. The summed E-state index contributed by atoms with van der Waals surface area (Å²) in [6.45, 7) is 6.65. The topological polar surface area (TPSA) is 67.5 Å². The molecule has 1 aromatic heterocycles. The fourth-order valence-electron chi connectivity index (χ4n) is 2.74. The first-order valence-corrected chi connectivity index (χ1v) is 7.83. The van der Waals surface area contributed by atoms with E-state index >= 15 is 0 Å². The minimum Gasteiger partial charge on any atom is -0.467 e. The maximum absolute atomic E-state index is 6.21. The van der Waals surface area contributed by atoms with Crippen molar-refractivity contribution in [2.24, 2.45) is 5.73 Å². The summed E-state index contributed by atoms with van der Waals surface area (Å²) in [4.78, 5) is 13.0. The number of aromatic nitrogens is 2. The van der Waals surface area contributed by atoms with Gasteiger partial charge < -0.3 is 15.4 Å². The molecule has 118 valence electrons. The molecular weight excluding hydrogens is 290 g/mol. The van der Waals surface area contributed by atoms with Crippen LogP contribution in [0.25, 0.3) is 0 Å². The van der Waals surface area contributed by atoms with E-state index in [0.717, 1.165) is 51.4 Å². The van der Waals surface area contributed by atoms with Gasteiger partial charge >= 0.3 is 6.01 Å². The zero-order chi connectivity index (χ0) is 15.2. The number of ether oxygens (including phenoxy) is 1. The number of halogens is 1. The number of hydrogen-bond donors (Lipinski definition) is 1. The van der Waals surface area contributed by atoms with Crippen LogP contribution in [-0.2, 0) is 0 Å². The molecule has 0 bridgehead atoms. The Labute approximate surface area is 131 Å². The van der Waals surface area contributed by atoms with Gasteiger partial charge in [0.2, 0.25) is 0 Å². The molecule has 6 nitrogen and oxygen atoms in total. The van der Waals surface area contributed by atoms with Crippen LogP contribution in [0.5, 0.6) is 6.01 Å². The lowest BCUT2D eigenvalue weighted by atomic mass is 10.1. The molecule has 1 saturated heterocycles. The van der Waals surface area contributed by atoms with Crippen LogP contribution in [0.15, 0.2) is 6.20 Å². The van der Waals surface area contributed by atoms with E-state index in [-0.39, 0.29) is 0 Å². The van der Waals surface area contributed by atoms with Crippen LogP contribution in [-0.4, -0.2) is 60.7 Å². The summed E-state index contributed by atoms with van der Waals surface area (Å²) in [6.07, 6.45) is 3.91. The largest absolute Gasteiger partial charge is 0.467 e. The van der Waals surface area contributed by atoms with Gasteiger partial charge in [-0.2, -0.15) is 4.98 Å². The van der Waals surface area contributed by atoms with Crippen LogP contribution in [0.3, 0.4) is 0 Å². The maximum Gasteiger partial charge on any atom is 0.318 e. The smallest absolute Gasteiger partial charge is 0.318 e. The van der Waals surface area contributed by atoms with Gasteiger partial charge in [0.1, 0.15) is 5.02 Å². The van der Waals surface area contributed by atoms with Gasteiger partial charge in [0.25, 0.3) is 0 Å². The van der Waals surface area contributed by atoms with Crippen molar-refractivity contribution in [2.45, 2.75) is 25.8 Å². The molecule has 2 heterocycles. The molecule has 1 aromatic rings. The highest BCUT2D eigenvalue weighted by atomic mass is 35.5. The third-order valence-corrected chi connectivity index (χ3v) is 4.18. The van der Waals surface area contributed by atoms with E-state index in [1.54, 1.807) is 13.3 Å². The molecule has 0 aliphatic carbocycles. The number of piperazine rings is 1. The monoisotopic (exact) mass is 313 g/mol. The number of rotatable bonds is 6. The first kappa shape index (κ1) is 16.3. The van der Waals surface area contributed by atoms with Crippen LogP contribution in [0.4, 0.5) is 5.82 Å². The molecule has 0 amide bonds. The molecule has 2 rings (SSSR count). The SMILES string of the molecule is CCCC(CN)N1CCN(c2nc(OC)ncc2Cl)CC1. The Morgan fingerprint density at radius 1 is 1.38 bits per heavy atom. The third kappa shape index (κ3) is 3.96. The highest BCUT2D eigenvalue weighted by Crippen LogP contribution is 2.25. The lowest BCUT2D eigenvalue weighted by Crippen LogP contribution is -2.52. The van der Waals surface area contributed by atoms with Crippen molar-refractivity contribution in [1.29, 1.82) is 0 Å². The Morgan fingerprint density at radius 3 is 2.67 bits per heavy atom. The van der Waals surface area contributed by atoms with E-state index in [9.17, 15) is 0 Å². The average molecular weight is 314 g/mol. The Hall–Kier alpha value is -1.11. The molecule has 1 aliphatic rings. The molecular formula is C14H24ClN5O. The van der Waals surface area contributed by atoms with Gasteiger partial charge in [-0.25, -0.2) is 4.98 Å². The lowest BCUT2D eigenvalue weighted by molar-refractivity contribution is 0.179. The lowest BCUT2D eigenvalue weighted by Gasteiger charge is -2.39. The number of methoxy groups -OCH3 is 1. The zero-order valence-electron chi connectivity index (χ0n) is 12.8. The molecule has 0 spiro atoms. The van der Waals surface area contributed by atoms with E-state index < -0.39 is 0 Å². The predicted molar refractivity (Wildman–Crippen MR) is 85.1 cm³/mol. The summed E-state index contributed by atoms with van der Waals surface area (Å²) in [5.41, 5.74) is 5.88. The molecule has 0 aromatic carbocycles. The van der Waals surface area contributed by atoms with Crippen LogP contribution < -0.4 is 15.4 Å². The second-order valence-corrected chi connectivity index (χ2v) is 5.64. The molecule has 2 N–H and O–H groups in total. The molecule has 7 heteroatoms. The number of nitrogens with zero attached hydrogens (tertiary/aromatic N) is 4.